The molecule has 2 heterocycles. The van der Waals surface area contributed by atoms with Crippen molar-refractivity contribution in [1.82, 2.24) is 4.90 Å². The lowest BCUT2D eigenvalue weighted by atomic mass is 9.94. The molecule has 0 aliphatic carbocycles. The first-order valence-electron chi connectivity index (χ1n) is 11.4. The van der Waals surface area contributed by atoms with Crippen molar-refractivity contribution < 1.29 is 23.9 Å². The van der Waals surface area contributed by atoms with E-state index in [0.29, 0.717) is 23.1 Å². The van der Waals surface area contributed by atoms with Gasteiger partial charge in [0.1, 0.15) is 0 Å². The number of anilines is 1. The van der Waals surface area contributed by atoms with E-state index in [0.717, 1.165) is 23.1 Å². The number of para-hydroxylation sites is 1. The van der Waals surface area contributed by atoms with Crippen molar-refractivity contribution in [3.63, 3.8) is 0 Å². The molecule has 0 bridgehead atoms. The first kappa shape index (κ1) is 21.8. The Labute approximate surface area is 196 Å². The molecule has 0 aromatic heterocycles. The van der Waals surface area contributed by atoms with Crippen LogP contribution in [-0.4, -0.2) is 47.8 Å². The highest BCUT2D eigenvalue weighted by molar-refractivity contribution is 6.25. The molecule has 3 aromatic rings. The summed E-state index contributed by atoms with van der Waals surface area (Å²) >= 11 is 0. The van der Waals surface area contributed by atoms with Crippen molar-refractivity contribution in [1.29, 1.82) is 0 Å². The molecule has 7 nitrogen and oxygen atoms in total. The Morgan fingerprint density at radius 1 is 0.941 bits per heavy atom. The minimum Gasteiger partial charge on any atom is -0.453 e. The highest BCUT2D eigenvalue weighted by Crippen LogP contribution is 2.30. The van der Waals surface area contributed by atoms with Gasteiger partial charge in [-0.15, -0.1) is 0 Å². The zero-order valence-corrected chi connectivity index (χ0v) is 18.8. The zero-order chi connectivity index (χ0) is 23.8. The molecule has 3 aromatic carbocycles. The van der Waals surface area contributed by atoms with Crippen molar-refractivity contribution in [2.24, 2.45) is 0 Å². The highest BCUT2D eigenvalue weighted by Gasteiger charge is 2.33. The topological polar surface area (TPSA) is 84.0 Å². The molecule has 0 saturated carbocycles. The number of nitrogens with zero attached hydrogens (tertiary/aromatic N) is 2. The van der Waals surface area contributed by atoms with Gasteiger partial charge in [-0.25, -0.2) is 0 Å². The third kappa shape index (κ3) is 3.73. The second kappa shape index (κ2) is 8.74. The molecular weight excluding hydrogens is 432 g/mol. The van der Waals surface area contributed by atoms with E-state index in [4.69, 9.17) is 4.74 Å². The number of ether oxygens (including phenoxy) is 1. The van der Waals surface area contributed by atoms with Crippen LogP contribution >= 0.6 is 0 Å². The van der Waals surface area contributed by atoms with Gasteiger partial charge in [0.15, 0.2) is 6.10 Å². The largest absolute Gasteiger partial charge is 0.453 e. The second-order valence-electron chi connectivity index (χ2n) is 8.58. The predicted octanol–water partition coefficient (Wildman–Crippen LogP) is 3.74. The van der Waals surface area contributed by atoms with E-state index in [1.54, 1.807) is 36.1 Å². The van der Waals surface area contributed by atoms with Gasteiger partial charge in [0.05, 0.1) is 0 Å². The van der Waals surface area contributed by atoms with E-state index in [9.17, 15) is 19.2 Å². The molecule has 0 spiro atoms. The number of amides is 3. The van der Waals surface area contributed by atoms with Crippen LogP contribution in [0.1, 0.15) is 46.0 Å². The standard InChI is InChI=1S/C27H24N2O5/c1-17(25(31)28-16-14-18-7-2-3-12-22(18)28)34-23(30)13-6-15-29-26(32)20-10-4-8-19-9-5-11-21(24(19)20)27(29)33/h2-5,7-12,17H,6,13-16H2,1H3. The average Bonchev–Trinajstić information content (AvgIpc) is 3.28. The zero-order valence-electron chi connectivity index (χ0n) is 18.8. The molecule has 5 rings (SSSR count). The van der Waals surface area contributed by atoms with Crippen LogP contribution in [0.2, 0.25) is 0 Å². The molecule has 2 aliphatic rings. The summed E-state index contributed by atoms with van der Waals surface area (Å²) in [5.74, 6) is -1.52. The molecule has 0 N–H and O–H groups in total. The quantitative estimate of drug-likeness (QED) is 0.417. The van der Waals surface area contributed by atoms with Gasteiger partial charge in [-0.05, 0) is 48.9 Å². The van der Waals surface area contributed by atoms with Crippen molar-refractivity contribution in [3.05, 3.63) is 77.4 Å². The maximum atomic E-state index is 12.9. The monoisotopic (exact) mass is 456 g/mol. The summed E-state index contributed by atoms with van der Waals surface area (Å²) in [4.78, 5) is 53.9. The molecule has 0 radical (unpaired) electrons. The Kier molecular flexibility index (Phi) is 5.61. The highest BCUT2D eigenvalue weighted by atomic mass is 16.5. The number of benzene rings is 3. The maximum Gasteiger partial charge on any atom is 0.306 e. The van der Waals surface area contributed by atoms with Crippen LogP contribution in [0.3, 0.4) is 0 Å². The van der Waals surface area contributed by atoms with Gasteiger partial charge in [0.2, 0.25) is 0 Å². The first-order valence-corrected chi connectivity index (χ1v) is 11.4. The number of hydrogen-bond acceptors (Lipinski definition) is 5. The Balaban J connectivity index is 1.18. The van der Waals surface area contributed by atoms with Gasteiger partial charge in [0, 0.05) is 41.7 Å². The van der Waals surface area contributed by atoms with E-state index in [1.807, 2.05) is 36.4 Å². The fraction of sp³-hybridized carbons (Fsp3) is 0.259. The van der Waals surface area contributed by atoms with E-state index in [2.05, 4.69) is 0 Å². The summed E-state index contributed by atoms with van der Waals surface area (Å²) in [7, 11) is 0. The number of carbonyl (C=O) groups excluding carboxylic acids is 4. The molecular formula is C27H24N2O5. The summed E-state index contributed by atoms with van der Waals surface area (Å²) < 4.78 is 5.37. The Morgan fingerprint density at radius 2 is 1.62 bits per heavy atom. The maximum absolute atomic E-state index is 12.9. The lowest BCUT2D eigenvalue weighted by molar-refractivity contribution is -0.154. The summed E-state index contributed by atoms with van der Waals surface area (Å²) in [5.41, 5.74) is 2.93. The van der Waals surface area contributed by atoms with Gasteiger partial charge in [-0.2, -0.15) is 0 Å². The molecule has 3 amide bonds. The van der Waals surface area contributed by atoms with E-state index >= 15 is 0 Å². The van der Waals surface area contributed by atoms with Crippen LogP contribution in [-0.2, 0) is 20.7 Å². The predicted molar refractivity (Wildman–Crippen MR) is 127 cm³/mol. The fourth-order valence-corrected chi connectivity index (χ4v) is 4.76. The van der Waals surface area contributed by atoms with Crippen LogP contribution in [0, 0.1) is 0 Å². The van der Waals surface area contributed by atoms with Crippen molar-refractivity contribution >= 4 is 40.2 Å². The number of esters is 1. The first-order chi connectivity index (χ1) is 16.5. The van der Waals surface area contributed by atoms with Gasteiger partial charge < -0.3 is 9.64 Å². The third-order valence-corrected chi connectivity index (χ3v) is 6.43. The second-order valence-corrected chi connectivity index (χ2v) is 8.58. The average molecular weight is 456 g/mol. The Hall–Kier alpha value is -4.00. The molecule has 2 aliphatic heterocycles. The van der Waals surface area contributed by atoms with Gasteiger partial charge in [0.25, 0.3) is 17.7 Å². The van der Waals surface area contributed by atoms with Gasteiger partial charge in [-0.3, -0.25) is 24.1 Å². The Morgan fingerprint density at radius 3 is 2.32 bits per heavy atom. The summed E-state index contributed by atoms with van der Waals surface area (Å²) in [6.45, 7) is 2.23. The van der Waals surface area contributed by atoms with Crippen LogP contribution in [0.25, 0.3) is 10.8 Å². The summed E-state index contributed by atoms with van der Waals surface area (Å²) in [5, 5.41) is 1.52. The summed E-state index contributed by atoms with van der Waals surface area (Å²) in [6.07, 6.45) is 0.109. The van der Waals surface area contributed by atoms with Crippen molar-refractivity contribution in [2.75, 3.05) is 18.0 Å². The minimum atomic E-state index is -0.915. The van der Waals surface area contributed by atoms with E-state index < -0.39 is 12.1 Å². The minimum absolute atomic E-state index is 0.00286. The number of rotatable bonds is 6. The van der Waals surface area contributed by atoms with Crippen molar-refractivity contribution in [3.8, 4) is 0 Å². The number of hydrogen-bond donors (Lipinski definition) is 0. The van der Waals surface area contributed by atoms with Crippen LogP contribution in [0.4, 0.5) is 5.69 Å². The number of carbonyl (C=O) groups is 4. The molecule has 7 heteroatoms. The normalized spacial score (nSPS) is 15.4. The molecule has 0 saturated heterocycles. The van der Waals surface area contributed by atoms with Gasteiger partial charge >= 0.3 is 5.97 Å². The van der Waals surface area contributed by atoms with E-state index in [1.165, 1.54) is 4.90 Å². The van der Waals surface area contributed by atoms with Crippen LogP contribution in [0.5, 0.6) is 0 Å². The Bertz CT molecular complexity index is 1280. The van der Waals surface area contributed by atoms with Crippen LogP contribution in [0.15, 0.2) is 60.7 Å². The lowest BCUT2D eigenvalue weighted by Gasteiger charge is -2.27. The fourth-order valence-electron chi connectivity index (χ4n) is 4.76. The molecule has 1 unspecified atom stereocenters. The number of imide groups is 1. The molecule has 172 valence electrons. The molecule has 34 heavy (non-hydrogen) atoms. The number of fused-ring (bicyclic) bond motifs is 1. The summed E-state index contributed by atoms with van der Waals surface area (Å²) in [6, 6.07) is 18.5. The molecule has 0 fully saturated rings. The SMILES string of the molecule is CC(OC(=O)CCCN1C(=O)c2cccc3cccc(c23)C1=O)C(=O)N1CCc2ccccc21. The van der Waals surface area contributed by atoms with Gasteiger partial charge in [-0.1, -0.05) is 42.5 Å². The van der Waals surface area contributed by atoms with Crippen molar-refractivity contribution in [2.45, 2.75) is 32.3 Å². The lowest BCUT2D eigenvalue weighted by Crippen LogP contribution is -2.41. The smallest absolute Gasteiger partial charge is 0.306 e. The third-order valence-electron chi connectivity index (χ3n) is 6.43. The molecule has 1 atom stereocenters. The van der Waals surface area contributed by atoms with E-state index in [-0.39, 0.29) is 37.1 Å². The van der Waals surface area contributed by atoms with Crippen LogP contribution < -0.4 is 4.90 Å².